The quantitative estimate of drug-likeness (QED) is 0.883. The molecule has 4 heteroatoms. The van der Waals surface area contributed by atoms with Crippen molar-refractivity contribution in [3.05, 3.63) is 53.7 Å². The summed E-state index contributed by atoms with van der Waals surface area (Å²) in [5.74, 6) is 0.264. The van der Waals surface area contributed by atoms with Crippen molar-refractivity contribution < 1.29 is 13.5 Å². The average molecular weight is 249 g/mol. The van der Waals surface area contributed by atoms with E-state index < -0.39 is 0 Å². The second kappa shape index (κ2) is 5.69. The summed E-state index contributed by atoms with van der Waals surface area (Å²) in [5.41, 5.74) is 1.66. The Bertz CT molecular complexity index is 497. The Morgan fingerprint density at radius 1 is 1.39 bits per heavy atom. The van der Waals surface area contributed by atoms with E-state index >= 15 is 0 Å². The summed E-state index contributed by atoms with van der Waals surface area (Å²) < 4.78 is 23.8. The number of rotatable bonds is 5. The lowest BCUT2D eigenvalue weighted by atomic mass is 10.1. The molecule has 0 spiro atoms. The van der Waals surface area contributed by atoms with Gasteiger partial charge in [-0.2, -0.15) is 0 Å². The van der Waals surface area contributed by atoms with Crippen LogP contribution in [0.4, 0.5) is 4.39 Å². The number of hydrogen-bond acceptors (Lipinski definition) is 3. The number of benzene rings is 1. The molecule has 0 aliphatic carbocycles. The van der Waals surface area contributed by atoms with Crippen molar-refractivity contribution in [3.63, 3.8) is 0 Å². The highest BCUT2D eigenvalue weighted by atomic mass is 19.1. The number of furan rings is 1. The Balaban J connectivity index is 2.02. The third-order valence-corrected chi connectivity index (χ3v) is 2.87. The van der Waals surface area contributed by atoms with E-state index in [4.69, 9.17) is 9.15 Å². The van der Waals surface area contributed by atoms with Gasteiger partial charge >= 0.3 is 0 Å². The van der Waals surface area contributed by atoms with Crippen LogP contribution in [0, 0.1) is 5.82 Å². The Kier molecular flexibility index (Phi) is 3.99. The predicted octanol–water partition coefficient (Wildman–Crippen LogP) is 3.28. The molecule has 2 rings (SSSR count). The Labute approximate surface area is 106 Å². The highest BCUT2D eigenvalue weighted by molar-refractivity contribution is 5.30. The maximum absolute atomic E-state index is 13.8. The Hall–Kier alpha value is -1.81. The van der Waals surface area contributed by atoms with Crippen LogP contribution in [0.2, 0.25) is 0 Å². The van der Waals surface area contributed by atoms with Crippen LogP contribution in [0.3, 0.4) is 0 Å². The van der Waals surface area contributed by atoms with Gasteiger partial charge in [0, 0.05) is 29.8 Å². The maximum atomic E-state index is 13.8. The highest BCUT2D eigenvalue weighted by Gasteiger charge is 2.11. The molecule has 1 aromatic carbocycles. The van der Waals surface area contributed by atoms with Gasteiger partial charge in [-0.25, -0.2) is 4.39 Å². The van der Waals surface area contributed by atoms with Crippen LogP contribution in [-0.4, -0.2) is 7.11 Å². The lowest BCUT2D eigenvalue weighted by molar-refractivity contribution is 0.409. The molecule has 2 aromatic rings. The SMILES string of the molecule is COc1ccc(C(C)NCc2ccoc2)c(F)c1. The molecule has 0 bridgehead atoms. The first-order valence-corrected chi connectivity index (χ1v) is 5.78. The largest absolute Gasteiger partial charge is 0.497 e. The molecule has 1 atom stereocenters. The van der Waals surface area contributed by atoms with Crippen LogP contribution in [0.15, 0.2) is 41.2 Å². The fourth-order valence-corrected chi connectivity index (χ4v) is 1.76. The monoisotopic (exact) mass is 249 g/mol. The van der Waals surface area contributed by atoms with Gasteiger partial charge in [-0.15, -0.1) is 0 Å². The van der Waals surface area contributed by atoms with Crippen molar-refractivity contribution in [2.45, 2.75) is 19.5 Å². The molecular formula is C14H16FNO2. The van der Waals surface area contributed by atoms with Crippen LogP contribution >= 0.6 is 0 Å². The van der Waals surface area contributed by atoms with E-state index in [1.54, 1.807) is 24.7 Å². The van der Waals surface area contributed by atoms with Crippen molar-refractivity contribution in [1.29, 1.82) is 0 Å². The number of nitrogens with one attached hydrogen (secondary N) is 1. The molecule has 0 aliphatic heterocycles. The molecule has 0 aliphatic rings. The smallest absolute Gasteiger partial charge is 0.131 e. The lowest BCUT2D eigenvalue weighted by Gasteiger charge is -2.15. The van der Waals surface area contributed by atoms with Gasteiger partial charge in [-0.1, -0.05) is 6.07 Å². The average Bonchev–Trinajstić information content (AvgIpc) is 2.88. The van der Waals surface area contributed by atoms with Gasteiger partial charge in [0.1, 0.15) is 11.6 Å². The van der Waals surface area contributed by atoms with Crippen molar-refractivity contribution >= 4 is 0 Å². The normalized spacial score (nSPS) is 12.4. The van der Waals surface area contributed by atoms with Crippen LogP contribution in [-0.2, 0) is 6.54 Å². The second-order valence-electron chi connectivity index (χ2n) is 4.12. The minimum Gasteiger partial charge on any atom is -0.497 e. The summed E-state index contributed by atoms with van der Waals surface area (Å²) >= 11 is 0. The topological polar surface area (TPSA) is 34.4 Å². The molecule has 1 aromatic heterocycles. The van der Waals surface area contributed by atoms with E-state index in [9.17, 15) is 4.39 Å². The lowest BCUT2D eigenvalue weighted by Crippen LogP contribution is -2.18. The van der Waals surface area contributed by atoms with E-state index in [-0.39, 0.29) is 11.9 Å². The van der Waals surface area contributed by atoms with Crippen molar-refractivity contribution in [2.24, 2.45) is 0 Å². The van der Waals surface area contributed by atoms with E-state index in [0.29, 0.717) is 17.9 Å². The summed E-state index contributed by atoms with van der Waals surface area (Å²) in [7, 11) is 1.52. The molecule has 0 saturated carbocycles. The second-order valence-corrected chi connectivity index (χ2v) is 4.12. The van der Waals surface area contributed by atoms with Crippen molar-refractivity contribution in [3.8, 4) is 5.75 Å². The third kappa shape index (κ3) is 2.90. The van der Waals surface area contributed by atoms with Gasteiger partial charge in [0.05, 0.1) is 19.6 Å². The molecule has 1 N–H and O–H groups in total. The minimum absolute atomic E-state index is 0.0780. The number of ether oxygens (including phenoxy) is 1. The standard InChI is InChI=1S/C14H16FNO2/c1-10(16-8-11-5-6-18-9-11)13-4-3-12(17-2)7-14(13)15/h3-7,9-10,16H,8H2,1-2H3. The first-order chi connectivity index (χ1) is 8.70. The molecule has 1 heterocycles. The molecular weight excluding hydrogens is 233 g/mol. The summed E-state index contributed by atoms with van der Waals surface area (Å²) in [5, 5.41) is 3.24. The predicted molar refractivity (Wildman–Crippen MR) is 66.9 cm³/mol. The van der Waals surface area contributed by atoms with Crippen LogP contribution in [0.5, 0.6) is 5.75 Å². The molecule has 0 saturated heterocycles. The van der Waals surface area contributed by atoms with E-state index in [1.807, 2.05) is 13.0 Å². The van der Waals surface area contributed by atoms with Gasteiger partial charge in [0.25, 0.3) is 0 Å². The zero-order valence-corrected chi connectivity index (χ0v) is 10.4. The molecule has 1 unspecified atom stereocenters. The van der Waals surface area contributed by atoms with Crippen LogP contribution < -0.4 is 10.1 Å². The summed E-state index contributed by atoms with van der Waals surface area (Å²) in [6.45, 7) is 2.56. The first kappa shape index (κ1) is 12.6. The fraction of sp³-hybridized carbons (Fsp3) is 0.286. The Morgan fingerprint density at radius 2 is 2.22 bits per heavy atom. The van der Waals surface area contributed by atoms with Crippen LogP contribution in [0.1, 0.15) is 24.1 Å². The number of hydrogen-bond donors (Lipinski definition) is 1. The van der Waals surface area contributed by atoms with Gasteiger partial charge in [0.2, 0.25) is 0 Å². The summed E-state index contributed by atoms with van der Waals surface area (Å²) in [6.07, 6.45) is 3.29. The molecule has 0 radical (unpaired) electrons. The summed E-state index contributed by atoms with van der Waals surface area (Å²) in [4.78, 5) is 0. The van der Waals surface area contributed by atoms with Gasteiger partial charge in [0.15, 0.2) is 0 Å². The van der Waals surface area contributed by atoms with Crippen molar-refractivity contribution in [1.82, 2.24) is 5.32 Å². The zero-order chi connectivity index (χ0) is 13.0. The van der Waals surface area contributed by atoms with Gasteiger partial charge in [-0.3, -0.25) is 0 Å². The van der Waals surface area contributed by atoms with E-state index in [2.05, 4.69) is 5.32 Å². The maximum Gasteiger partial charge on any atom is 0.131 e. The summed E-state index contributed by atoms with van der Waals surface area (Å²) in [6, 6.07) is 6.69. The van der Waals surface area contributed by atoms with Crippen molar-refractivity contribution in [2.75, 3.05) is 7.11 Å². The molecule has 0 fully saturated rings. The number of halogens is 1. The highest BCUT2D eigenvalue weighted by Crippen LogP contribution is 2.21. The van der Waals surface area contributed by atoms with E-state index in [1.165, 1.54) is 13.2 Å². The number of methoxy groups -OCH3 is 1. The van der Waals surface area contributed by atoms with Gasteiger partial charge < -0.3 is 14.5 Å². The molecule has 3 nitrogen and oxygen atoms in total. The molecule has 96 valence electrons. The first-order valence-electron chi connectivity index (χ1n) is 5.78. The van der Waals surface area contributed by atoms with E-state index in [0.717, 1.165) is 5.56 Å². The molecule has 0 amide bonds. The Morgan fingerprint density at radius 3 is 2.83 bits per heavy atom. The van der Waals surface area contributed by atoms with Crippen LogP contribution in [0.25, 0.3) is 0 Å². The zero-order valence-electron chi connectivity index (χ0n) is 10.4. The molecule has 18 heavy (non-hydrogen) atoms. The fourth-order valence-electron chi connectivity index (χ4n) is 1.76. The minimum atomic E-state index is -0.262. The van der Waals surface area contributed by atoms with Gasteiger partial charge in [-0.05, 0) is 19.1 Å². The third-order valence-electron chi connectivity index (χ3n) is 2.87.